The highest BCUT2D eigenvalue weighted by Gasteiger charge is 2.50. The molecule has 0 bridgehead atoms. The number of alkyl halides is 3. The van der Waals surface area contributed by atoms with E-state index in [0.717, 1.165) is 23.4 Å². The van der Waals surface area contributed by atoms with Crippen LogP contribution in [0.15, 0.2) is 42.6 Å². The molecule has 11 heteroatoms. The topological polar surface area (TPSA) is 91.8 Å². The third kappa shape index (κ3) is 5.56. The summed E-state index contributed by atoms with van der Waals surface area (Å²) in [7, 11) is 0. The van der Waals surface area contributed by atoms with Gasteiger partial charge in [0.1, 0.15) is 23.8 Å². The van der Waals surface area contributed by atoms with Crippen molar-refractivity contribution < 1.29 is 32.3 Å². The third-order valence-electron chi connectivity index (χ3n) is 7.93. The van der Waals surface area contributed by atoms with E-state index in [-0.39, 0.29) is 42.8 Å². The fourth-order valence-corrected chi connectivity index (χ4v) is 5.99. The van der Waals surface area contributed by atoms with Gasteiger partial charge in [-0.05, 0) is 48.3 Å². The second-order valence-corrected chi connectivity index (χ2v) is 11.1. The van der Waals surface area contributed by atoms with Gasteiger partial charge in [0.2, 0.25) is 17.7 Å². The average molecular weight is 559 g/mol. The monoisotopic (exact) mass is 558 g/mol. The van der Waals surface area contributed by atoms with Crippen LogP contribution in [0.25, 0.3) is 0 Å². The fraction of sp³-hybridized carbons (Fsp3) is 0.517. The first-order valence-corrected chi connectivity index (χ1v) is 13.6. The van der Waals surface area contributed by atoms with Crippen molar-refractivity contribution in [1.29, 1.82) is 0 Å². The third-order valence-corrected chi connectivity index (χ3v) is 7.93. The Morgan fingerprint density at radius 3 is 2.27 bits per heavy atom. The minimum absolute atomic E-state index is 0.00297. The highest BCUT2D eigenvalue weighted by molar-refractivity contribution is 6.00. The highest BCUT2D eigenvalue weighted by Crippen LogP contribution is 2.36. The van der Waals surface area contributed by atoms with Crippen molar-refractivity contribution in [2.24, 2.45) is 11.8 Å². The molecule has 214 valence electrons. The van der Waals surface area contributed by atoms with Crippen LogP contribution in [0.4, 0.5) is 13.2 Å². The Morgan fingerprint density at radius 1 is 1.07 bits per heavy atom. The number of piperazine rings is 1. The summed E-state index contributed by atoms with van der Waals surface area (Å²) in [6.07, 6.45) is -2.18. The van der Waals surface area contributed by atoms with Crippen LogP contribution in [0.5, 0.6) is 0 Å². The summed E-state index contributed by atoms with van der Waals surface area (Å²) in [6.45, 7) is 4.97. The van der Waals surface area contributed by atoms with Gasteiger partial charge >= 0.3 is 6.18 Å². The molecule has 1 aromatic carbocycles. The zero-order valence-electron chi connectivity index (χ0n) is 22.5. The molecule has 1 aromatic heterocycles. The number of morpholine rings is 1. The molecule has 3 aliphatic rings. The van der Waals surface area contributed by atoms with Crippen LogP contribution >= 0.6 is 0 Å². The molecule has 2 aliphatic heterocycles. The molecule has 0 saturated carbocycles. The number of halogens is 3. The van der Waals surface area contributed by atoms with Crippen molar-refractivity contribution in [3.8, 4) is 0 Å². The van der Waals surface area contributed by atoms with Gasteiger partial charge in [-0.1, -0.05) is 44.2 Å². The summed E-state index contributed by atoms with van der Waals surface area (Å²) in [5.74, 6) is -1.44. The molecule has 2 fully saturated rings. The van der Waals surface area contributed by atoms with Gasteiger partial charge < -0.3 is 19.9 Å². The number of nitrogens with one attached hydrogen (secondary N) is 1. The van der Waals surface area contributed by atoms with Gasteiger partial charge in [0.25, 0.3) is 0 Å². The van der Waals surface area contributed by atoms with Gasteiger partial charge in [0.15, 0.2) is 0 Å². The molecule has 2 saturated heterocycles. The largest absolute Gasteiger partial charge is 0.433 e. The van der Waals surface area contributed by atoms with Crippen LogP contribution in [0, 0.1) is 11.8 Å². The van der Waals surface area contributed by atoms with E-state index in [4.69, 9.17) is 4.74 Å². The van der Waals surface area contributed by atoms with Crippen molar-refractivity contribution in [2.45, 2.75) is 57.4 Å². The zero-order chi connectivity index (χ0) is 28.6. The minimum Gasteiger partial charge on any atom is -0.378 e. The van der Waals surface area contributed by atoms with Crippen LogP contribution < -0.4 is 5.32 Å². The van der Waals surface area contributed by atoms with Crippen LogP contribution in [-0.4, -0.2) is 70.9 Å². The zero-order valence-corrected chi connectivity index (χ0v) is 22.5. The molecule has 1 N–H and O–H groups in total. The first-order chi connectivity index (χ1) is 19.0. The Hall–Kier alpha value is -3.47. The van der Waals surface area contributed by atoms with E-state index in [1.165, 1.54) is 11.0 Å². The quantitative estimate of drug-likeness (QED) is 0.588. The molecule has 1 aliphatic carbocycles. The summed E-state index contributed by atoms with van der Waals surface area (Å²) >= 11 is 0. The number of ether oxygens (including phenoxy) is 1. The van der Waals surface area contributed by atoms with Crippen LogP contribution in [0.1, 0.15) is 48.7 Å². The van der Waals surface area contributed by atoms with Crippen LogP contribution in [0.2, 0.25) is 0 Å². The molecule has 2 aromatic rings. The van der Waals surface area contributed by atoms with Crippen molar-refractivity contribution >= 4 is 17.7 Å². The van der Waals surface area contributed by atoms with Gasteiger partial charge in [0, 0.05) is 24.8 Å². The summed E-state index contributed by atoms with van der Waals surface area (Å²) in [6, 6.07) is 6.73. The number of fused-ring (bicyclic) bond motifs is 1. The van der Waals surface area contributed by atoms with E-state index in [1.54, 1.807) is 4.90 Å². The van der Waals surface area contributed by atoms with Gasteiger partial charge in [0.05, 0.1) is 13.2 Å². The molecule has 3 unspecified atom stereocenters. The number of carbonyl (C=O) groups is 3. The SMILES string of the molecule is CC(C)CC1C(=O)NC(C2Cc3ccccc3C2)C(=O)N1C(C(=O)N1CCOCC1)c1ccc(C(F)(F)F)nc1. The number of pyridine rings is 1. The smallest absolute Gasteiger partial charge is 0.378 e. The number of carbonyl (C=O) groups excluding carboxylic acids is 3. The van der Waals surface area contributed by atoms with Crippen LogP contribution in [0.3, 0.4) is 0 Å². The lowest BCUT2D eigenvalue weighted by Gasteiger charge is -2.46. The van der Waals surface area contributed by atoms with E-state index < -0.39 is 41.8 Å². The first-order valence-electron chi connectivity index (χ1n) is 13.6. The van der Waals surface area contributed by atoms with Crippen LogP contribution in [-0.2, 0) is 38.1 Å². The maximum absolute atomic E-state index is 14.3. The number of rotatable bonds is 6. The number of amides is 3. The first kappa shape index (κ1) is 28.1. The molecule has 0 spiro atoms. The van der Waals surface area contributed by atoms with Crippen molar-refractivity contribution in [2.75, 3.05) is 26.3 Å². The van der Waals surface area contributed by atoms with Gasteiger partial charge in [-0.2, -0.15) is 13.2 Å². The summed E-state index contributed by atoms with van der Waals surface area (Å²) in [4.78, 5) is 48.5. The molecule has 3 atom stereocenters. The Kier molecular flexibility index (Phi) is 7.85. The minimum atomic E-state index is -4.66. The number of hydrogen-bond acceptors (Lipinski definition) is 5. The molecule has 40 heavy (non-hydrogen) atoms. The van der Waals surface area contributed by atoms with E-state index in [2.05, 4.69) is 10.3 Å². The normalized spacial score (nSPS) is 22.9. The molecule has 3 heterocycles. The number of hydrogen-bond donors (Lipinski definition) is 1. The molecule has 0 radical (unpaired) electrons. The number of benzene rings is 1. The van der Waals surface area contributed by atoms with E-state index in [0.29, 0.717) is 26.1 Å². The second-order valence-electron chi connectivity index (χ2n) is 11.1. The van der Waals surface area contributed by atoms with Crippen molar-refractivity contribution in [3.05, 3.63) is 65.0 Å². The Balaban J connectivity index is 1.56. The molecule has 8 nitrogen and oxygen atoms in total. The maximum Gasteiger partial charge on any atom is 0.433 e. The lowest BCUT2D eigenvalue weighted by molar-refractivity contribution is -0.161. The number of nitrogens with zero attached hydrogens (tertiary/aromatic N) is 3. The standard InChI is InChI=1S/C29H33F3N4O4/c1-17(2)13-22-26(37)34-24(21-14-18-5-3-4-6-19(18)15-21)27(38)36(22)25(28(39)35-9-11-40-12-10-35)20-7-8-23(33-16-20)29(30,31)32/h3-8,16-17,21-22,24-25H,9-15H2,1-2H3,(H,34,37). The predicted molar refractivity (Wildman–Crippen MR) is 139 cm³/mol. The van der Waals surface area contributed by atoms with E-state index >= 15 is 0 Å². The summed E-state index contributed by atoms with van der Waals surface area (Å²) in [5, 5.41) is 2.94. The average Bonchev–Trinajstić information content (AvgIpc) is 3.36. The van der Waals surface area contributed by atoms with Crippen molar-refractivity contribution in [1.82, 2.24) is 20.1 Å². The molecular weight excluding hydrogens is 525 g/mol. The Morgan fingerprint density at radius 2 is 1.73 bits per heavy atom. The second kappa shape index (κ2) is 11.2. The summed E-state index contributed by atoms with van der Waals surface area (Å²) in [5.41, 5.74) is 1.25. The van der Waals surface area contributed by atoms with Gasteiger partial charge in [-0.25, -0.2) is 0 Å². The Labute approximate surface area is 230 Å². The van der Waals surface area contributed by atoms with Gasteiger partial charge in [-0.3, -0.25) is 19.4 Å². The lowest BCUT2D eigenvalue weighted by atomic mass is 9.88. The highest BCUT2D eigenvalue weighted by atomic mass is 19.4. The number of aromatic nitrogens is 1. The van der Waals surface area contributed by atoms with E-state index in [9.17, 15) is 27.6 Å². The lowest BCUT2D eigenvalue weighted by Crippen LogP contribution is -2.67. The molecule has 3 amide bonds. The van der Waals surface area contributed by atoms with Gasteiger partial charge in [-0.15, -0.1) is 0 Å². The summed E-state index contributed by atoms with van der Waals surface area (Å²) < 4.78 is 45.3. The fourth-order valence-electron chi connectivity index (χ4n) is 5.99. The maximum atomic E-state index is 14.3. The Bertz CT molecular complexity index is 1240. The molecule has 5 rings (SSSR count). The predicted octanol–water partition coefficient (Wildman–Crippen LogP) is 3.16. The molecular formula is C29H33F3N4O4. The van der Waals surface area contributed by atoms with Crippen molar-refractivity contribution in [3.63, 3.8) is 0 Å². The van der Waals surface area contributed by atoms with E-state index in [1.807, 2.05) is 38.1 Å².